The van der Waals surface area contributed by atoms with E-state index in [1.807, 2.05) is 0 Å². The maximum absolute atomic E-state index is 2.47. The van der Waals surface area contributed by atoms with E-state index >= 15 is 0 Å². The Morgan fingerprint density at radius 3 is 1.38 bits per heavy atom. The topological polar surface area (TPSA) is 3.24 Å². The molecule has 0 radical (unpaired) electrons. The molecule has 13 rings (SSSR count). The monoisotopic (exact) mass is 799 g/mol. The van der Waals surface area contributed by atoms with Crippen LogP contribution in [0.3, 0.4) is 0 Å². The zero-order valence-corrected chi connectivity index (χ0v) is 34.7. The van der Waals surface area contributed by atoms with Crippen molar-refractivity contribution in [1.29, 1.82) is 0 Å². The first-order valence-corrected chi connectivity index (χ1v) is 22.1. The molecule has 0 fully saturated rings. The van der Waals surface area contributed by atoms with Crippen LogP contribution in [0, 0.1) is 0 Å². The van der Waals surface area contributed by atoms with Crippen LogP contribution >= 0.6 is 0 Å². The lowest BCUT2D eigenvalue weighted by Gasteiger charge is -2.35. The van der Waals surface area contributed by atoms with E-state index in [1.165, 1.54) is 100 Å². The lowest BCUT2D eigenvalue weighted by Crippen LogP contribution is -2.29. The lowest BCUT2D eigenvalue weighted by molar-refractivity contribution is 0.775. The zero-order valence-electron chi connectivity index (χ0n) is 34.7. The Morgan fingerprint density at radius 2 is 0.714 bits per heavy atom. The Morgan fingerprint density at radius 1 is 0.270 bits per heavy atom. The summed E-state index contributed by atoms with van der Waals surface area (Å²) < 4.78 is 0. The quantitative estimate of drug-likeness (QED) is 0.168. The molecule has 294 valence electrons. The van der Waals surface area contributed by atoms with E-state index in [9.17, 15) is 0 Å². The van der Waals surface area contributed by atoms with Gasteiger partial charge in [-0.2, -0.15) is 0 Å². The normalized spacial score (nSPS) is 13.1. The molecule has 3 aliphatic carbocycles. The highest BCUT2D eigenvalue weighted by molar-refractivity contribution is 6.01. The maximum atomic E-state index is 2.47. The van der Waals surface area contributed by atoms with Crippen molar-refractivity contribution in [3.05, 3.63) is 270 Å². The maximum Gasteiger partial charge on any atom is 0.0725 e. The zero-order chi connectivity index (χ0) is 41.5. The van der Waals surface area contributed by atoms with Crippen molar-refractivity contribution in [2.24, 2.45) is 0 Å². The van der Waals surface area contributed by atoms with Gasteiger partial charge < -0.3 is 4.90 Å². The van der Waals surface area contributed by atoms with Crippen molar-refractivity contribution in [1.82, 2.24) is 0 Å². The Bertz CT molecular complexity index is 3350. The number of para-hydroxylation sites is 1. The van der Waals surface area contributed by atoms with E-state index in [-0.39, 0.29) is 0 Å². The Labute approximate surface area is 368 Å². The van der Waals surface area contributed by atoms with Gasteiger partial charge >= 0.3 is 0 Å². The highest BCUT2D eigenvalue weighted by Gasteiger charge is 2.50. The SMILES string of the molecule is c1ccc(-c2ccc(N(c3ccccc3)c3ccc4c(c3)Cc3cc(-c5cccc6c5-c5ccccc5C65c6ccccc6-c6ccccc6-c6ccccc65)ccc3-4)cc2)cc1. The molecule has 0 saturated carbocycles. The second-order valence-corrected chi connectivity index (χ2v) is 17.1. The van der Waals surface area contributed by atoms with Gasteiger partial charge in [-0.1, -0.05) is 200 Å². The van der Waals surface area contributed by atoms with E-state index in [1.54, 1.807) is 0 Å². The van der Waals surface area contributed by atoms with Crippen LogP contribution in [-0.2, 0) is 11.8 Å². The number of hydrogen-bond acceptors (Lipinski definition) is 1. The summed E-state index contributed by atoms with van der Waals surface area (Å²) in [6.45, 7) is 0. The fourth-order valence-corrected chi connectivity index (χ4v) is 11.3. The van der Waals surface area contributed by atoms with Gasteiger partial charge in [0.1, 0.15) is 0 Å². The molecule has 0 bridgehead atoms. The van der Waals surface area contributed by atoms with Gasteiger partial charge in [0, 0.05) is 17.1 Å². The van der Waals surface area contributed by atoms with Gasteiger partial charge in [0.05, 0.1) is 5.41 Å². The molecule has 1 nitrogen and oxygen atoms in total. The first kappa shape index (κ1) is 35.7. The fourth-order valence-electron chi connectivity index (χ4n) is 11.3. The molecule has 10 aromatic carbocycles. The molecule has 1 heteroatoms. The van der Waals surface area contributed by atoms with Crippen LogP contribution in [0.4, 0.5) is 17.1 Å². The van der Waals surface area contributed by atoms with Crippen LogP contribution in [0.5, 0.6) is 0 Å². The van der Waals surface area contributed by atoms with Crippen molar-refractivity contribution in [2.45, 2.75) is 11.8 Å². The minimum absolute atomic E-state index is 0.496. The molecule has 0 unspecified atom stereocenters. The van der Waals surface area contributed by atoms with Crippen LogP contribution in [0.25, 0.3) is 66.8 Å². The number of rotatable bonds is 5. The largest absolute Gasteiger partial charge is 0.310 e. The van der Waals surface area contributed by atoms with Crippen LogP contribution in [-0.4, -0.2) is 0 Å². The number of benzene rings is 10. The molecule has 0 atom stereocenters. The van der Waals surface area contributed by atoms with E-state index in [2.05, 4.69) is 241 Å². The van der Waals surface area contributed by atoms with Crippen LogP contribution < -0.4 is 4.90 Å². The highest BCUT2D eigenvalue weighted by atomic mass is 15.1. The van der Waals surface area contributed by atoms with E-state index < -0.39 is 5.41 Å². The molecule has 3 aliphatic rings. The molecule has 63 heavy (non-hydrogen) atoms. The number of hydrogen-bond donors (Lipinski definition) is 0. The first-order valence-electron chi connectivity index (χ1n) is 22.1. The predicted octanol–water partition coefficient (Wildman–Crippen LogP) is 16.1. The second kappa shape index (κ2) is 14.0. The first-order chi connectivity index (χ1) is 31.3. The molecule has 1 spiro atoms. The molecule has 0 saturated heterocycles. The van der Waals surface area contributed by atoms with Crippen molar-refractivity contribution in [3.63, 3.8) is 0 Å². The van der Waals surface area contributed by atoms with Gasteiger partial charge in [-0.15, -0.1) is 0 Å². The van der Waals surface area contributed by atoms with Crippen LogP contribution in [0.2, 0.25) is 0 Å². The Hall–Kier alpha value is -8.00. The Balaban J connectivity index is 0.927. The van der Waals surface area contributed by atoms with E-state index in [0.29, 0.717) is 0 Å². The predicted molar refractivity (Wildman–Crippen MR) is 262 cm³/mol. The van der Waals surface area contributed by atoms with E-state index in [0.717, 1.165) is 23.5 Å². The highest BCUT2D eigenvalue weighted by Crippen LogP contribution is 2.63. The summed E-state index contributed by atoms with van der Waals surface area (Å²) in [5.74, 6) is 0. The number of fused-ring (bicyclic) bond motifs is 15. The Kier molecular flexibility index (Phi) is 7.95. The number of nitrogens with zero attached hydrogens (tertiary/aromatic N) is 1. The summed E-state index contributed by atoms with van der Waals surface area (Å²) in [4.78, 5) is 2.38. The summed E-state index contributed by atoms with van der Waals surface area (Å²) in [7, 11) is 0. The van der Waals surface area contributed by atoms with Gasteiger partial charge in [0.2, 0.25) is 0 Å². The minimum atomic E-state index is -0.496. The summed E-state index contributed by atoms with van der Waals surface area (Å²) in [6, 6.07) is 88.0. The summed E-state index contributed by atoms with van der Waals surface area (Å²) in [6.07, 6.45) is 0.885. The van der Waals surface area contributed by atoms with Gasteiger partial charge in [-0.3, -0.25) is 0 Å². The average molecular weight is 800 g/mol. The molecule has 10 aromatic rings. The molecular weight excluding hydrogens is 759 g/mol. The molecule has 0 amide bonds. The van der Waals surface area contributed by atoms with Crippen LogP contribution in [0.1, 0.15) is 33.4 Å². The fraction of sp³-hybridized carbons (Fsp3) is 0.0323. The second-order valence-electron chi connectivity index (χ2n) is 17.1. The minimum Gasteiger partial charge on any atom is -0.310 e. The van der Waals surface area contributed by atoms with Gasteiger partial charge in [0.15, 0.2) is 0 Å². The third-order valence-corrected chi connectivity index (χ3v) is 13.9. The van der Waals surface area contributed by atoms with Gasteiger partial charge in [-0.25, -0.2) is 0 Å². The third-order valence-electron chi connectivity index (χ3n) is 13.9. The van der Waals surface area contributed by atoms with Crippen molar-refractivity contribution < 1.29 is 0 Å². The molecule has 0 aromatic heterocycles. The van der Waals surface area contributed by atoms with E-state index in [4.69, 9.17) is 0 Å². The van der Waals surface area contributed by atoms with Crippen molar-refractivity contribution in [2.75, 3.05) is 4.90 Å². The third kappa shape index (κ3) is 5.30. The summed E-state index contributed by atoms with van der Waals surface area (Å²) in [5, 5.41) is 0. The lowest BCUT2D eigenvalue weighted by atomic mass is 9.66. The van der Waals surface area contributed by atoms with Gasteiger partial charge in [-0.05, 0) is 143 Å². The summed E-state index contributed by atoms with van der Waals surface area (Å²) >= 11 is 0. The summed E-state index contributed by atoms with van der Waals surface area (Å²) in [5.41, 5.74) is 26.5. The standard InChI is InChI=1S/C62H41N/c1-3-16-41(17-4-1)42-30-33-47(34-31-42)63(46-18-5-2-6-19-46)48-35-37-50-45(40-48)39-44-38-43(32-36-49(44)50)51-25-15-29-60-61(51)56-24-11-14-28-59(56)62(60)57-26-12-9-22-54(57)52-20-7-8-21-53(52)55-23-10-13-27-58(55)62/h1-38,40H,39H2. The van der Waals surface area contributed by atoms with Gasteiger partial charge in [0.25, 0.3) is 0 Å². The van der Waals surface area contributed by atoms with Crippen molar-refractivity contribution >= 4 is 17.1 Å². The van der Waals surface area contributed by atoms with Crippen LogP contribution in [0.15, 0.2) is 237 Å². The smallest absolute Gasteiger partial charge is 0.0725 e. The molecule has 0 heterocycles. The molecular formula is C62H41N. The number of anilines is 3. The molecule has 0 N–H and O–H groups in total. The molecule has 0 aliphatic heterocycles. The van der Waals surface area contributed by atoms with Crippen molar-refractivity contribution in [3.8, 4) is 66.8 Å². The average Bonchev–Trinajstić information content (AvgIpc) is 3.84.